The average molecular weight is 449 g/mol. The molecule has 1 atom stereocenters. The number of Topliss-reactive ketones (excluding diaryl/α,β-unsaturated/α-hetero) is 2. The molecule has 1 amide bonds. The van der Waals surface area contributed by atoms with E-state index < -0.39 is 17.6 Å². The number of hydrogen-bond acceptors (Lipinski definition) is 5. The van der Waals surface area contributed by atoms with Crippen molar-refractivity contribution in [2.45, 2.75) is 57.3 Å². The summed E-state index contributed by atoms with van der Waals surface area (Å²) in [7, 11) is 0. The molecule has 0 aromatic heterocycles. The van der Waals surface area contributed by atoms with Crippen LogP contribution in [-0.4, -0.2) is 17.5 Å². The number of amides is 1. The van der Waals surface area contributed by atoms with Crippen LogP contribution in [0.5, 0.6) is 0 Å². The fourth-order valence-corrected chi connectivity index (χ4v) is 5.40. The summed E-state index contributed by atoms with van der Waals surface area (Å²) < 4.78 is 0. The first-order valence-electron chi connectivity index (χ1n) is 11.1. The molecule has 2 N–H and O–H groups in total. The predicted molar refractivity (Wildman–Crippen MR) is 129 cm³/mol. The van der Waals surface area contributed by atoms with Gasteiger partial charge >= 0.3 is 0 Å². The standard InChI is InChI=1S/C26H28N2O3S/c1-14(2)16-8-7-9-17(15(3)4)22(16)28-26(31)24(30)18-12-13-20-25(23(18)29)32-21-11-6-5-10-19(21)27-20/h5-11,14-15,18,27H,12-13H2,1-4H3,(H,28,31)/t18-/m0/s1. The summed E-state index contributed by atoms with van der Waals surface area (Å²) >= 11 is 1.38. The number of carbonyl (C=O) groups excluding carboxylic acids is 3. The van der Waals surface area contributed by atoms with Gasteiger partial charge in [-0.1, -0.05) is 69.8 Å². The SMILES string of the molecule is CC(C)c1cccc(C(C)C)c1NC(=O)C(=O)[C@H]1CCC2=C(Sc3ccccc3N2)C1=O. The second-order valence-electron chi connectivity index (χ2n) is 8.93. The van der Waals surface area contributed by atoms with Crippen molar-refractivity contribution in [1.29, 1.82) is 0 Å². The molecule has 5 nitrogen and oxygen atoms in total. The maximum atomic E-state index is 13.2. The number of nitrogens with one attached hydrogen (secondary N) is 2. The van der Waals surface area contributed by atoms with E-state index in [1.54, 1.807) is 0 Å². The van der Waals surface area contributed by atoms with Crippen molar-refractivity contribution in [1.82, 2.24) is 0 Å². The molecule has 0 unspecified atom stereocenters. The molecular weight excluding hydrogens is 420 g/mol. The van der Waals surface area contributed by atoms with E-state index in [-0.39, 0.29) is 17.6 Å². The molecule has 0 fully saturated rings. The van der Waals surface area contributed by atoms with E-state index in [0.29, 0.717) is 23.4 Å². The van der Waals surface area contributed by atoms with Gasteiger partial charge in [0.1, 0.15) is 0 Å². The lowest BCUT2D eigenvalue weighted by Crippen LogP contribution is -2.38. The van der Waals surface area contributed by atoms with Crippen LogP contribution in [0.3, 0.4) is 0 Å². The molecular formula is C26H28N2O3S. The third-order valence-corrected chi connectivity index (χ3v) is 7.26. The van der Waals surface area contributed by atoms with E-state index in [9.17, 15) is 14.4 Å². The Balaban J connectivity index is 1.56. The number of ketones is 2. The number of benzene rings is 2. The van der Waals surface area contributed by atoms with Crippen molar-refractivity contribution < 1.29 is 14.4 Å². The smallest absolute Gasteiger partial charge is 0.292 e. The molecule has 6 heteroatoms. The van der Waals surface area contributed by atoms with Crippen LogP contribution >= 0.6 is 11.8 Å². The minimum absolute atomic E-state index is 0.188. The highest BCUT2D eigenvalue weighted by Gasteiger charge is 2.39. The van der Waals surface area contributed by atoms with Crippen molar-refractivity contribution >= 4 is 40.6 Å². The number of hydrogen-bond donors (Lipinski definition) is 2. The van der Waals surface area contributed by atoms with E-state index in [0.717, 1.165) is 27.4 Å². The van der Waals surface area contributed by atoms with Gasteiger partial charge in [-0.05, 0) is 47.9 Å². The predicted octanol–water partition coefficient (Wildman–Crippen LogP) is 5.85. The number of carbonyl (C=O) groups is 3. The van der Waals surface area contributed by atoms with Crippen molar-refractivity contribution in [3.05, 3.63) is 64.2 Å². The van der Waals surface area contributed by atoms with E-state index in [2.05, 4.69) is 38.3 Å². The first-order valence-corrected chi connectivity index (χ1v) is 11.9. The van der Waals surface area contributed by atoms with Crippen LogP contribution in [0.2, 0.25) is 0 Å². The average Bonchev–Trinajstić information content (AvgIpc) is 2.77. The number of fused-ring (bicyclic) bond motifs is 1. The molecule has 0 bridgehead atoms. The van der Waals surface area contributed by atoms with Crippen LogP contribution in [0.1, 0.15) is 63.5 Å². The van der Waals surface area contributed by atoms with Gasteiger partial charge in [-0.2, -0.15) is 0 Å². The lowest BCUT2D eigenvalue weighted by Gasteiger charge is -2.29. The molecule has 2 aliphatic rings. The molecule has 4 rings (SSSR count). The van der Waals surface area contributed by atoms with Crippen molar-refractivity contribution in [2.24, 2.45) is 5.92 Å². The monoisotopic (exact) mass is 448 g/mol. The summed E-state index contributed by atoms with van der Waals surface area (Å²) in [5.41, 5.74) is 4.48. The normalized spacial score (nSPS) is 17.7. The molecule has 1 aliphatic heterocycles. The Labute approximate surface area is 193 Å². The summed E-state index contributed by atoms with van der Waals surface area (Å²) in [6.07, 6.45) is 0.897. The number of anilines is 2. The molecule has 166 valence electrons. The molecule has 0 saturated carbocycles. The summed E-state index contributed by atoms with van der Waals surface area (Å²) in [5.74, 6) is -2.20. The quantitative estimate of drug-likeness (QED) is 0.443. The topological polar surface area (TPSA) is 75.3 Å². The van der Waals surface area contributed by atoms with Gasteiger partial charge in [0.25, 0.3) is 5.91 Å². The van der Waals surface area contributed by atoms with Crippen molar-refractivity contribution in [3.8, 4) is 0 Å². The number of allylic oxidation sites excluding steroid dienone is 2. The van der Waals surface area contributed by atoms with Gasteiger partial charge in [0.2, 0.25) is 5.78 Å². The molecule has 32 heavy (non-hydrogen) atoms. The number of rotatable bonds is 5. The Morgan fingerprint density at radius 2 is 1.66 bits per heavy atom. The van der Waals surface area contributed by atoms with E-state index in [4.69, 9.17) is 0 Å². The molecule has 0 radical (unpaired) electrons. The van der Waals surface area contributed by atoms with Gasteiger partial charge in [-0.3, -0.25) is 14.4 Å². The number of thioether (sulfide) groups is 1. The highest BCUT2D eigenvalue weighted by atomic mass is 32.2. The third kappa shape index (κ3) is 4.11. The number of para-hydroxylation sites is 2. The minimum Gasteiger partial charge on any atom is -0.357 e. The maximum Gasteiger partial charge on any atom is 0.292 e. The molecule has 1 heterocycles. The van der Waals surface area contributed by atoms with Crippen LogP contribution in [0, 0.1) is 5.92 Å². The van der Waals surface area contributed by atoms with Crippen LogP contribution in [-0.2, 0) is 14.4 Å². The Kier molecular flexibility index (Phi) is 6.24. The first-order chi connectivity index (χ1) is 15.3. The molecule has 0 saturated heterocycles. The van der Waals surface area contributed by atoms with Gasteiger partial charge in [0.05, 0.1) is 16.5 Å². The van der Waals surface area contributed by atoms with E-state index in [1.807, 2.05) is 42.5 Å². The summed E-state index contributed by atoms with van der Waals surface area (Å²) in [5, 5.41) is 6.19. The zero-order valence-electron chi connectivity index (χ0n) is 18.8. The Morgan fingerprint density at radius 3 is 2.31 bits per heavy atom. The molecule has 0 spiro atoms. The van der Waals surface area contributed by atoms with Crippen LogP contribution in [0.4, 0.5) is 11.4 Å². The molecule has 2 aromatic rings. The van der Waals surface area contributed by atoms with Crippen LogP contribution in [0.15, 0.2) is 58.0 Å². The van der Waals surface area contributed by atoms with E-state index >= 15 is 0 Å². The second-order valence-corrected chi connectivity index (χ2v) is 9.98. The van der Waals surface area contributed by atoms with Gasteiger partial charge in [0, 0.05) is 16.3 Å². The fourth-order valence-electron chi connectivity index (χ4n) is 4.28. The van der Waals surface area contributed by atoms with Crippen LogP contribution < -0.4 is 10.6 Å². The van der Waals surface area contributed by atoms with Gasteiger partial charge in [0.15, 0.2) is 5.78 Å². The third-order valence-electron chi connectivity index (χ3n) is 6.03. The summed E-state index contributed by atoms with van der Waals surface area (Å²) in [6.45, 7) is 8.23. The lowest BCUT2D eigenvalue weighted by atomic mass is 9.86. The largest absolute Gasteiger partial charge is 0.357 e. The van der Waals surface area contributed by atoms with Gasteiger partial charge < -0.3 is 10.6 Å². The fraction of sp³-hybridized carbons (Fsp3) is 0.346. The second kappa shape index (κ2) is 8.94. The zero-order chi connectivity index (χ0) is 23.0. The maximum absolute atomic E-state index is 13.2. The Bertz CT molecular complexity index is 1110. The Hall–Kier alpha value is -2.86. The first kappa shape index (κ1) is 22.3. The van der Waals surface area contributed by atoms with E-state index in [1.165, 1.54) is 11.8 Å². The lowest BCUT2D eigenvalue weighted by molar-refractivity contribution is -0.140. The Morgan fingerprint density at radius 1 is 1.00 bits per heavy atom. The van der Waals surface area contributed by atoms with Gasteiger partial charge in [-0.15, -0.1) is 0 Å². The van der Waals surface area contributed by atoms with Gasteiger partial charge in [-0.25, -0.2) is 0 Å². The van der Waals surface area contributed by atoms with Crippen LogP contribution in [0.25, 0.3) is 0 Å². The highest BCUT2D eigenvalue weighted by Crippen LogP contribution is 2.45. The summed E-state index contributed by atoms with van der Waals surface area (Å²) in [4.78, 5) is 40.8. The molecule has 1 aliphatic carbocycles. The minimum atomic E-state index is -0.943. The highest BCUT2D eigenvalue weighted by molar-refractivity contribution is 8.04. The van der Waals surface area contributed by atoms with Crippen molar-refractivity contribution in [2.75, 3.05) is 10.6 Å². The van der Waals surface area contributed by atoms with Crippen molar-refractivity contribution in [3.63, 3.8) is 0 Å². The zero-order valence-corrected chi connectivity index (χ0v) is 19.6. The summed E-state index contributed by atoms with van der Waals surface area (Å²) in [6, 6.07) is 13.7. The molecule has 2 aromatic carbocycles.